The van der Waals surface area contributed by atoms with E-state index in [0.717, 1.165) is 0 Å². The highest BCUT2D eigenvalue weighted by molar-refractivity contribution is 5.98. The first-order chi connectivity index (χ1) is 11.3. The molecule has 1 atom stereocenters. The Kier molecular flexibility index (Phi) is 5.18. The molecule has 0 saturated heterocycles. The van der Waals surface area contributed by atoms with Crippen molar-refractivity contribution in [3.63, 3.8) is 0 Å². The number of aromatic nitrogens is 2. The number of nitrogens with zero attached hydrogens (tertiary/aromatic N) is 2. The first-order valence-electron chi connectivity index (χ1n) is 7.42. The Labute approximate surface area is 138 Å². The largest absolute Gasteiger partial charge is 0.485 e. The fraction of sp³-hybridized carbons (Fsp3) is 0.375. The van der Waals surface area contributed by atoms with Crippen LogP contribution in [0.1, 0.15) is 42.3 Å². The number of hydrogen-bond donors (Lipinski definition) is 2. The smallest absolute Gasteiger partial charge is 0.329 e. The van der Waals surface area contributed by atoms with Gasteiger partial charge in [-0.3, -0.25) is 4.79 Å². The van der Waals surface area contributed by atoms with Crippen molar-refractivity contribution in [2.45, 2.75) is 39.3 Å². The van der Waals surface area contributed by atoms with Gasteiger partial charge in [-0.2, -0.15) is 4.98 Å². The minimum absolute atomic E-state index is 0.101. The van der Waals surface area contributed by atoms with Gasteiger partial charge in [-0.05, 0) is 31.5 Å². The molecule has 1 heterocycles. The molecule has 8 heteroatoms. The maximum absolute atomic E-state index is 12.3. The van der Waals surface area contributed by atoms with Crippen molar-refractivity contribution in [3.8, 4) is 5.75 Å². The summed E-state index contributed by atoms with van der Waals surface area (Å²) in [4.78, 5) is 27.6. The lowest BCUT2D eigenvalue weighted by atomic mass is 9.98. The average molecular weight is 333 g/mol. The molecule has 0 aliphatic carbocycles. The highest BCUT2D eigenvalue weighted by Gasteiger charge is 2.33. The summed E-state index contributed by atoms with van der Waals surface area (Å²) < 4.78 is 10.4. The maximum atomic E-state index is 12.3. The normalized spacial score (nSPS) is 13.1. The van der Waals surface area contributed by atoms with Gasteiger partial charge in [0.2, 0.25) is 11.7 Å². The van der Waals surface area contributed by atoms with Gasteiger partial charge >= 0.3 is 5.97 Å². The lowest BCUT2D eigenvalue weighted by Crippen LogP contribution is -2.51. The average Bonchev–Trinajstić information content (AvgIpc) is 2.98. The van der Waals surface area contributed by atoms with E-state index >= 15 is 0 Å². The van der Waals surface area contributed by atoms with Crippen molar-refractivity contribution in [1.82, 2.24) is 15.5 Å². The third kappa shape index (κ3) is 4.09. The van der Waals surface area contributed by atoms with Crippen molar-refractivity contribution in [3.05, 3.63) is 41.5 Å². The predicted octanol–water partition coefficient (Wildman–Crippen LogP) is 1.94. The SMILES string of the molecule is CCC(C)(NC(=O)c1cccc(OCc2noc(C)n2)c1)C(=O)O. The van der Waals surface area contributed by atoms with Crippen LogP contribution in [0.25, 0.3) is 0 Å². The van der Waals surface area contributed by atoms with Gasteiger partial charge in [-0.25, -0.2) is 4.79 Å². The molecule has 1 aromatic heterocycles. The Bertz CT molecular complexity index is 743. The number of benzene rings is 1. The monoisotopic (exact) mass is 333 g/mol. The van der Waals surface area contributed by atoms with Crippen LogP contribution in [0.4, 0.5) is 0 Å². The first-order valence-corrected chi connectivity index (χ1v) is 7.42. The van der Waals surface area contributed by atoms with Crippen molar-refractivity contribution >= 4 is 11.9 Å². The summed E-state index contributed by atoms with van der Waals surface area (Å²) in [6, 6.07) is 6.44. The summed E-state index contributed by atoms with van der Waals surface area (Å²) in [7, 11) is 0. The van der Waals surface area contributed by atoms with Gasteiger partial charge in [-0.1, -0.05) is 18.1 Å². The fourth-order valence-electron chi connectivity index (χ4n) is 1.89. The Morgan fingerprint density at radius 2 is 2.17 bits per heavy atom. The van der Waals surface area contributed by atoms with Crippen molar-refractivity contribution in [1.29, 1.82) is 0 Å². The standard InChI is InChI=1S/C16H19N3O5/c1-4-16(3,15(21)22)18-14(20)11-6-5-7-12(8-11)23-9-13-17-10(2)24-19-13/h5-8H,4,9H2,1-3H3,(H,18,20)(H,21,22). The third-order valence-electron chi connectivity index (χ3n) is 3.60. The highest BCUT2D eigenvalue weighted by Crippen LogP contribution is 2.17. The molecule has 0 bridgehead atoms. The Balaban J connectivity index is 2.06. The second-order valence-corrected chi connectivity index (χ2v) is 5.49. The van der Waals surface area contributed by atoms with Crippen LogP contribution in [0.3, 0.4) is 0 Å². The van der Waals surface area contributed by atoms with Crippen LogP contribution < -0.4 is 10.1 Å². The highest BCUT2D eigenvalue weighted by atomic mass is 16.5. The van der Waals surface area contributed by atoms with Gasteiger partial charge in [0.1, 0.15) is 11.3 Å². The molecule has 1 amide bonds. The fourth-order valence-corrected chi connectivity index (χ4v) is 1.89. The second kappa shape index (κ2) is 7.12. The second-order valence-electron chi connectivity index (χ2n) is 5.49. The van der Waals surface area contributed by atoms with E-state index in [1.165, 1.54) is 13.0 Å². The molecule has 0 aliphatic heterocycles. The molecular formula is C16H19N3O5. The van der Waals surface area contributed by atoms with E-state index in [9.17, 15) is 14.7 Å². The summed E-state index contributed by atoms with van der Waals surface area (Å²) in [6.07, 6.45) is 0.265. The van der Waals surface area contributed by atoms with Gasteiger partial charge in [0.25, 0.3) is 5.91 Å². The molecule has 1 aromatic carbocycles. The summed E-state index contributed by atoms with van der Waals surface area (Å²) in [5.74, 6) is -0.291. The van der Waals surface area contributed by atoms with Crippen molar-refractivity contribution in [2.24, 2.45) is 0 Å². The summed E-state index contributed by atoms with van der Waals surface area (Å²) in [5, 5.41) is 15.5. The lowest BCUT2D eigenvalue weighted by molar-refractivity contribution is -0.143. The van der Waals surface area contributed by atoms with Crippen LogP contribution in [0.15, 0.2) is 28.8 Å². The van der Waals surface area contributed by atoms with Crippen LogP contribution in [0.5, 0.6) is 5.75 Å². The third-order valence-corrected chi connectivity index (χ3v) is 3.60. The van der Waals surface area contributed by atoms with Gasteiger partial charge < -0.3 is 19.7 Å². The number of hydrogen-bond acceptors (Lipinski definition) is 6. The minimum Gasteiger partial charge on any atom is -0.485 e. The molecule has 2 N–H and O–H groups in total. The molecule has 1 unspecified atom stereocenters. The molecule has 2 rings (SSSR count). The van der Waals surface area contributed by atoms with Gasteiger partial charge in [0.15, 0.2) is 6.61 Å². The van der Waals surface area contributed by atoms with Gasteiger partial charge in [0, 0.05) is 12.5 Å². The zero-order valence-electron chi connectivity index (χ0n) is 13.7. The number of carboxylic acid groups (broad SMARTS) is 1. The number of nitrogens with one attached hydrogen (secondary N) is 1. The van der Waals surface area contributed by atoms with E-state index in [4.69, 9.17) is 9.26 Å². The Morgan fingerprint density at radius 3 is 2.75 bits per heavy atom. The van der Waals surface area contributed by atoms with Crippen LogP contribution >= 0.6 is 0 Å². The quantitative estimate of drug-likeness (QED) is 0.795. The summed E-state index contributed by atoms with van der Waals surface area (Å²) >= 11 is 0. The predicted molar refractivity (Wildman–Crippen MR) is 83.6 cm³/mol. The molecule has 0 saturated carbocycles. The first kappa shape index (κ1) is 17.5. The molecular weight excluding hydrogens is 314 g/mol. The van der Waals surface area contributed by atoms with Crippen molar-refractivity contribution in [2.75, 3.05) is 0 Å². The van der Waals surface area contributed by atoms with Gasteiger partial charge in [0.05, 0.1) is 0 Å². The van der Waals surface area contributed by atoms with Crippen molar-refractivity contribution < 1.29 is 24.0 Å². The number of amides is 1. The number of carbonyl (C=O) groups is 2. The molecule has 0 spiro atoms. The zero-order valence-corrected chi connectivity index (χ0v) is 13.7. The lowest BCUT2D eigenvalue weighted by Gasteiger charge is -2.24. The molecule has 128 valence electrons. The van der Waals surface area contributed by atoms with E-state index in [1.54, 1.807) is 32.0 Å². The zero-order chi connectivity index (χ0) is 17.7. The molecule has 0 radical (unpaired) electrons. The maximum Gasteiger partial charge on any atom is 0.329 e. The molecule has 24 heavy (non-hydrogen) atoms. The summed E-state index contributed by atoms with van der Waals surface area (Å²) in [5.41, 5.74) is -1.02. The van der Waals surface area contributed by atoms with E-state index in [0.29, 0.717) is 23.0 Å². The molecule has 0 aliphatic rings. The van der Waals surface area contributed by atoms with Crippen LogP contribution in [0.2, 0.25) is 0 Å². The van der Waals surface area contributed by atoms with Crippen LogP contribution in [-0.2, 0) is 11.4 Å². The number of ether oxygens (including phenoxy) is 1. The van der Waals surface area contributed by atoms with E-state index in [1.807, 2.05) is 0 Å². The topological polar surface area (TPSA) is 115 Å². The number of aryl methyl sites for hydroxylation is 1. The Hall–Kier alpha value is -2.90. The molecule has 2 aromatic rings. The van der Waals surface area contributed by atoms with E-state index in [2.05, 4.69) is 15.5 Å². The minimum atomic E-state index is -1.32. The number of carboxylic acids is 1. The summed E-state index contributed by atoms with van der Waals surface area (Å²) in [6.45, 7) is 4.94. The number of rotatable bonds is 7. The van der Waals surface area contributed by atoms with Crippen LogP contribution in [-0.4, -0.2) is 32.7 Å². The van der Waals surface area contributed by atoms with Gasteiger partial charge in [-0.15, -0.1) is 0 Å². The van der Waals surface area contributed by atoms with E-state index in [-0.39, 0.29) is 13.0 Å². The Morgan fingerprint density at radius 1 is 1.42 bits per heavy atom. The number of carbonyl (C=O) groups excluding carboxylic acids is 1. The number of aliphatic carboxylic acids is 1. The molecule has 0 fully saturated rings. The van der Waals surface area contributed by atoms with E-state index < -0.39 is 17.4 Å². The van der Waals surface area contributed by atoms with Crippen LogP contribution in [0, 0.1) is 6.92 Å². The molecule has 8 nitrogen and oxygen atoms in total.